The molecule has 0 amide bonds. The smallest absolute Gasteiger partial charge is 0.0482 e. The first kappa shape index (κ1) is 8.06. The SMILES string of the molecule is OC[C@@H]1Cc2cc3ccccc3n2C1. The zero-order valence-electron chi connectivity index (χ0n) is 7.98. The maximum Gasteiger partial charge on any atom is 0.0482 e. The summed E-state index contributed by atoms with van der Waals surface area (Å²) in [5, 5.41) is 10.4. The summed E-state index contributed by atoms with van der Waals surface area (Å²) in [5.74, 6) is 0.426. The Balaban J connectivity index is 2.16. The average Bonchev–Trinajstić information content (AvgIpc) is 2.73. The van der Waals surface area contributed by atoms with Crippen molar-refractivity contribution in [3.05, 3.63) is 36.0 Å². The molecule has 1 N–H and O–H groups in total. The lowest BCUT2D eigenvalue weighted by Gasteiger charge is -2.04. The van der Waals surface area contributed by atoms with Crippen molar-refractivity contribution in [2.45, 2.75) is 13.0 Å². The number of hydrogen-bond acceptors (Lipinski definition) is 1. The minimum Gasteiger partial charge on any atom is -0.396 e. The topological polar surface area (TPSA) is 25.2 Å². The van der Waals surface area contributed by atoms with E-state index < -0.39 is 0 Å². The second kappa shape index (κ2) is 2.85. The van der Waals surface area contributed by atoms with Crippen LogP contribution in [-0.2, 0) is 13.0 Å². The molecule has 2 heteroatoms. The third-order valence-corrected chi connectivity index (χ3v) is 3.09. The lowest BCUT2D eigenvalue weighted by atomic mass is 10.1. The first-order chi connectivity index (χ1) is 6.88. The van der Waals surface area contributed by atoms with Gasteiger partial charge in [-0.2, -0.15) is 0 Å². The molecule has 0 radical (unpaired) electrons. The van der Waals surface area contributed by atoms with E-state index >= 15 is 0 Å². The molecular weight excluding hydrogens is 174 g/mol. The highest BCUT2D eigenvalue weighted by Gasteiger charge is 2.22. The fraction of sp³-hybridized carbons (Fsp3) is 0.333. The first-order valence-electron chi connectivity index (χ1n) is 5.06. The molecule has 3 rings (SSSR count). The lowest BCUT2D eigenvalue weighted by Crippen LogP contribution is -2.06. The van der Waals surface area contributed by atoms with E-state index in [-0.39, 0.29) is 0 Å². The highest BCUT2D eigenvalue weighted by Crippen LogP contribution is 2.28. The lowest BCUT2D eigenvalue weighted by molar-refractivity contribution is 0.225. The third-order valence-electron chi connectivity index (χ3n) is 3.09. The second-order valence-electron chi connectivity index (χ2n) is 4.06. The van der Waals surface area contributed by atoms with Crippen molar-refractivity contribution in [1.82, 2.24) is 4.57 Å². The number of aromatic nitrogens is 1. The van der Waals surface area contributed by atoms with E-state index in [0.717, 1.165) is 13.0 Å². The summed E-state index contributed by atoms with van der Waals surface area (Å²) >= 11 is 0. The van der Waals surface area contributed by atoms with Crippen molar-refractivity contribution in [1.29, 1.82) is 0 Å². The Kier molecular flexibility index (Phi) is 1.64. The van der Waals surface area contributed by atoms with Crippen molar-refractivity contribution < 1.29 is 5.11 Å². The molecule has 2 nitrogen and oxygen atoms in total. The van der Waals surface area contributed by atoms with Gasteiger partial charge >= 0.3 is 0 Å². The summed E-state index contributed by atoms with van der Waals surface area (Å²) in [7, 11) is 0. The van der Waals surface area contributed by atoms with Crippen LogP contribution in [0.1, 0.15) is 5.69 Å². The normalized spacial score (nSPS) is 20.2. The average molecular weight is 187 g/mol. The van der Waals surface area contributed by atoms with Gasteiger partial charge in [-0.1, -0.05) is 18.2 Å². The van der Waals surface area contributed by atoms with Crippen molar-refractivity contribution in [2.75, 3.05) is 6.61 Å². The van der Waals surface area contributed by atoms with Crippen LogP contribution in [0.4, 0.5) is 0 Å². The number of fused-ring (bicyclic) bond motifs is 3. The van der Waals surface area contributed by atoms with Crippen LogP contribution in [0.3, 0.4) is 0 Å². The molecule has 2 heterocycles. The molecule has 14 heavy (non-hydrogen) atoms. The van der Waals surface area contributed by atoms with Gasteiger partial charge in [0.05, 0.1) is 0 Å². The van der Waals surface area contributed by atoms with Gasteiger partial charge in [0.15, 0.2) is 0 Å². The fourth-order valence-corrected chi connectivity index (χ4v) is 2.39. The maximum atomic E-state index is 9.12. The monoisotopic (exact) mass is 187 g/mol. The van der Waals surface area contributed by atoms with Gasteiger partial charge in [-0.15, -0.1) is 0 Å². The van der Waals surface area contributed by atoms with Crippen LogP contribution >= 0.6 is 0 Å². The Bertz CT molecular complexity index is 472. The fourth-order valence-electron chi connectivity index (χ4n) is 2.39. The number of aliphatic hydroxyl groups is 1. The number of benzene rings is 1. The zero-order chi connectivity index (χ0) is 9.54. The van der Waals surface area contributed by atoms with E-state index in [1.807, 2.05) is 0 Å². The van der Waals surface area contributed by atoms with Gasteiger partial charge in [-0.3, -0.25) is 0 Å². The largest absolute Gasteiger partial charge is 0.396 e. The predicted molar refractivity (Wildman–Crippen MR) is 56.2 cm³/mol. The van der Waals surface area contributed by atoms with Gasteiger partial charge in [0, 0.05) is 30.3 Å². The number of nitrogens with zero attached hydrogens (tertiary/aromatic N) is 1. The molecule has 2 aromatic rings. The Morgan fingerprint density at radius 2 is 2.21 bits per heavy atom. The molecule has 1 aromatic heterocycles. The highest BCUT2D eigenvalue weighted by atomic mass is 16.3. The molecular formula is C12H13NO. The molecule has 0 saturated heterocycles. The number of para-hydroxylation sites is 1. The Labute approximate surface area is 82.8 Å². The molecule has 72 valence electrons. The van der Waals surface area contributed by atoms with Gasteiger partial charge in [-0.05, 0) is 23.9 Å². The minimum absolute atomic E-state index is 0.302. The summed E-state index contributed by atoms with van der Waals surface area (Å²) in [4.78, 5) is 0. The molecule has 1 aliphatic heterocycles. The number of aliphatic hydroxyl groups excluding tert-OH is 1. The van der Waals surface area contributed by atoms with Gasteiger partial charge < -0.3 is 9.67 Å². The Morgan fingerprint density at radius 3 is 3.07 bits per heavy atom. The van der Waals surface area contributed by atoms with E-state index in [1.165, 1.54) is 16.6 Å². The van der Waals surface area contributed by atoms with Crippen LogP contribution in [0, 0.1) is 5.92 Å². The zero-order valence-corrected chi connectivity index (χ0v) is 7.98. The highest BCUT2D eigenvalue weighted by molar-refractivity contribution is 5.81. The molecule has 1 aromatic carbocycles. The molecule has 0 spiro atoms. The molecule has 0 fully saturated rings. The summed E-state index contributed by atoms with van der Waals surface area (Å²) in [6, 6.07) is 10.7. The van der Waals surface area contributed by atoms with Crippen LogP contribution in [0.5, 0.6) is 0 Å². The van der Waals surface area contributed by atoms with Crippen LogP contribution in [0.2, 0.25) is 0 Å². The van der Waals surface area contributed by atoms with E-state index in [4.69, 9.17) is 5.11 Å². The number of hydrogen-bond donors (Lipinski definition) is 1. The van der Waals surface area contributed by atoms with Crippen LogP contribution in [0.15, 0.2) is 30.3 Å². The standard InChI is InChI=1S/C12H13NO/c14-8-9-5-11-6-10-3-1-2-4-12(10)13(11)7-9/h1-4,6,9,14H,5,7-8H2/t9-/m1/s1. The Morgan fingerprint density at radius 1 is 1.36 bits per heavy atom. The minimum atomic E-state index is 0.302. The first-order valence-corrected chi connectivity index (χ1v) is 5.06. The summed E-state index contributed by atoms with van der Waals surface area (Å²) in [6.07, 6.45) is 1.02. The van der Waals surface area contributed by atoms with Crippen LogP contribution in [-0.4, -0.2) is 16.3 Å². The maximum absolute atomic E-state index is 9.12. The van der Waals surface area contributed by atoms with Gasteiger partial charge in [0.2, 0.25) is 0 Å². The van der Waals surface area contributed by atoms with E-state index in [1.54, 1.807) is 0 Å². The van der Waals surface area contributed by atoms with Gasteiger partial charge in [0.25, 0.3) is 0 Å². The molecule has 1 atom stereocenters. The Hall–Kier alpha value is -1.28. The van der Waals surface area contributed by atoms with Crippen molar-refractivity contribution in [2.24, 2.45) is 5.92 Å². The molecule has 1 aliphatic rings. The predicted octanol–water partition coefficient (Wildman–Crippen LogP) is 1.81. The third kappa shape index (κ3) is 1.01. The van der Waals surface area contributed by atoms with Gasteiger partial charge in [0.1, 0.15) is 0 Å². The molecule has 0 saturated carbocycles. The quantitative estimate of drug-likeness (QED) is 0.723. The van der Waals surface area contributed by atoms with E-state index in [0.29, 0.717) is 12.5 Å². The van der Waals surface area contributed by atoms with Crippen LogP contribution in [0.25, 0.3) is 10.9 Å². The summed E-state index contributed by atoms with van der Waals surface area (Å²) < 4.78 is 2.33. The number of rotatable bonds is 1. The van der Waals surface area contributed by atoms with Crippen molar-refractivity contribution >= 4 is 10.9 Å². The van der Waals surface area contributed by atoms with Crippen molar-refractivity contribution in [3.63, 3.8) is 0 Å². The summed E-state index contributed by atoms with van der Waals surface area (Å²) in [6.45, 7) is 1.27. The second-order valence-corrected chi connectivity index (χ2v) is 4.06. The molecule has 0 bridgehead atoms. The van der Waals surface area contributed by atoms with E-state index in [9.17, 15) is 0 Å². The summed E-state index contributed by atoms with van der Waals surface area (Å²) in [5.41, 5.74) is 2.67. The van der Waals surface area contributed by atoms with Crippen LogP contribution < -0.4 is 0 Å². The van der Waals surface area contributed by atoms with Gasteiger partial charge in [-0.25, -0.2) is 0 Å². The van der Waals surface area contributed by atoms with Crippen molar-refractivity contribution in [3.8, 4) is 0 Å². The molecule has 0 unspecified atom stereocenters. The van der Waals surface area contributed by atoms with E-state index in [2.05, 4.69) is 34.9 Å². The molecule has 0 aliphatic carbocycles.